The van der Waals surface area contributed by atoms with Gasteiger partial charge in [-0.05, 0) is 37.2 Å². The van der Waals surface area contributed by atoms with Crippen LogP contribution in [0.4, 0.5) is 5.82 Å². The molecule has 0 atom stereocenters. The van der Waals surface area contributed by atoms with Crippen LogP contribution in [0.2, 0.25) is 5.15 Å². The molecule has 3 rings (SSSR count). The van der Waals surface area contributed by atoms with Crippen LogP contribution in [0.1, 0.15) is 36.0 Å². The standard InChI is InChI=1S/C14H19ClN4O2/c15-11-8-10(12(16)20)13(18-17-11)19-5-1-2-14(9-19)3-6-21-7-4-14/h8H,1-7,9H2,(H2,16,20). The average Bonchev–Trinajstić information content (AvgIpc) is 2.48. The lowest BCUT2D eigenvalue weighted by atomic mass is 9.74. The van der Waals surface area contributed by atoms with Crippen molar-refractivity contribution in [1.29, 1.82) is 0 Å². The summed E-state index contributed by atoms with van der Waals surface area (Å²) < 4.78 is 5.48. The Labute approximate surface area is 128 Å². The minimum absolute atomic E-state index is 0.185. The maximum Gasteiger partial charge on any atom is 0.252 e. The van der Waals surface area contributed by atoms with E-state index < -0.39 is 5.91 Å². The number of halogens is 1. The molecule has 0 radical (unpaired) electrons. The Morgan fingerprint density at radius 3 is 2.81 bits per heavy atom. The number of nitrogens with two attached hydrogens (primary N) is 1. The van der Waals surface area contributed by atoms with Crippen molar-refractivity contribution in [3.8, 4) is 0 Å². The number of ether oxygens (including phenoxy) is 1. The van der Waals surface area contributed by atoms with E-state index in [4.69, 9.17) is 22.1 Å². The third-order valence-electron chi connectivity index (χ3n) is 4.52. The first-order valence-electron chi connectivity index (χ1n) is 7.25. The van der Waals surface area contributed by atoms with Gasteiger partial charge in [-0.2, -0.15) is 0 Å². The molecule has 2 saturated heterocycles. The highest BCUT2D eigenvalue weighted by molar-refractivity contribution is 6.29. The summed E-state index contributed by atoms with van der Waals surface area (Å²) in [7, 11) is 0. The lowest BCUT2D eigenvalue weighted by Crippen LogP contribution is -2.47. The summed E-state index contributed by atoms with van der Waals surface area (Å²) in [6.07, 6.45) is 4.37. The van der Waals surface area contributed by atoms with E-state index >= 15 is 0 Å². The van der Waals surface area contributed by atoms with Crippen LogP contribution in [-0.2, 0) is 4.74 Å². The minimum Gasteiger partial charge on any atom is -0.381 e. The lowest BCUT2D eigenvalue weighted by molar-refractivity contribution is 0.00742. The number of carbonyl (C=O) groups is 1. The molecular formula is C14H19ClN4O2. The van der Waals surface area contributed by atoms with Gasteiger partial charge in [0.05, 0.1) is 5.56 Å². The molecule has 0 unspecified atom stereocenters. The summed E-state index contributed by atoms with van der Waals surface area (Å²) in [6, 6.07) is 1.50. The fourth-order valence-electron chi connectivity index (χ4n) is 3.38. The Balaban J connectivity index is 1.88. The highest BCUT2D eigenvalue weighted by atomic mass is 35.5. The van der Waals surface area contributed by atoms with Crippen LogP contribution in [0.25, 0.3) is 0 Å². The van der Waals surface area contributed by atoms with E-state index in [2.05, 4.69) is 15.1 Å². The van der Waals surface area contributed by atoms with Crippen LogP contribution < -0.4 is 10.6 Å². The van der Waals surface area contributed by atoms with Gasteiger partial charge in [-0.1, -0.05) is 11.6 Å². The molecule has 1 aromatic rings. The second-order valence-electron chi connectivity index (χ2n) is 5.91. The van der Waals surface area contributed by atoms with Crippen molar-refractivity contribution >= 4 is 23.3 Å². The Hall–Kier alpha value is -1.40. The first-order chi connectivity index (χ1) is 10.1. The number of hydrogen-bond donors (Lipinski definition) is 1. The van der Waals surface area contributed by atoms with Crippen LogP contribution in [0.15, 0.2) is 6.07 Å². The number of carbonyl (C=O) groups excluding carboxylic acids is 1. The zero-order chi connectivity index (χ0) is 14.9. The van der Waals surface area contributed by atoms with Gasteiger partial charge in [-0.25, -0.2) is 0 Å². The van der Waals surface area contributed by atoms with Gasteiger partial charge in [-0.15, -0.1) is 10.2 Å². The van der Waals surface area contributed by atoms with E-state index in [1.165, 1.54) is 12.5 Å². The Kier molecular flexibility index (Phi) is 3.99. The molecule has 21 heavy (non-hydrogen) atoms. The largest absolute Gasteiger partial charge is 0.381 e. The van der Waals surface area contributed by atoms with Crippen molar-refractivity contribution in [2.45, 2.75) is 25.7 Å². The Bertz CT molecular complexity index is 540. The van der Waals surface area contributed by atoms with Crippen LogP contribution in [0.5, 0.6) is 0 Å². The van der Waals surface area contributed by atoms with Crippen molar-refractivity contribution in [1.82, 2.24) is 10.2 Å². The summed E-state index contributed by atoms with van der Waals surface area (Å²) in [5.41, 5.74) is 6.05. The van der Waals surface area contributed by atoms with Gasteiger partial charge in [0.25, 0.3) is 5.91 Å². The van der Waals surface area contributed by atoms with Crippen LogP contribution in [0.3, 0.4) is 0 Å². The number of primary amides is 1. The maximum absolute atomic E-state index is 11.6. The Morgan fingerprint density at radius 1 is 1.33 bits per heavy atom. The average molecular weight is 311 g/mol. The molecule has 2 aliphatic heterocycles. The number of anilines is 1. The summed E-state index contributed by atoms with van der Waals surface area (Å²) in [5.74, 6) is 0.0332. The van der Waals surface area contributed by atoms with Crippen LogP contribution in [-0.4, -0.2) is 42.4 Å². The number of nitrogens with zero attached hydrogens (tertiary/aromatic N) is 3. The molecule has 1 amide bonds. The fourth-order valence-corrected chi connectivity index (χ4v) is 3.52. The van der Waals surface area contributed by atoms with Gasteiger partial charge in [0.2, 0.25) is 0 Å². The number of hydrogen-bond acceptors (Lipinski definition) is 5. The molecule has 7 heteroatoms. The SMILES string of the molecule is NC(=O)c1cc(Cl)nnc1N1CCCC2(CCOCC2)C1. The predicted molar refractivity (Wildman–Crippen MR) is 79.5 cm³/mol. The zero-order valence-corrected chi connectivity index (χ0v) is 12.6. The Morgan fingerprint density at radius 2 is 2.10 bits per heavy atom. The van der Waals surface area contributed by atoms with Crippen LogP contribution in [0, 0.1) is 5.41 Å². The van der Waals surface area contributed by atoms with E-state index in [9.17, 15) is 4.79 Å². The number of rotatable bonds is 2. The molecule has 0 aliphatic carbocycles. The smallest absolute Gasteiger partial charge is 0.252 e. The van der Waals surface area contributed by atoms with Crippen molar-refractivity contribution in [2.24, 2.45) is 11.1 Å². The lowest BCUT2D eigenvalue weighted by Gasteiger charge is -2.45. The molecule has 1 aromatic heterocycles. The fraction of sp³-hybridized carbons (Fsp3) is 0.643. The second kappa shape index (κ2) is 5.77. The van der Waals surface area contributed by atoms with Crippen molar-refractivity contribution in [2.75, 3.05) is 31.2 Å². The summed E-state index contributed by atoms with van der Waals surface area (Å²) in [4.78, 5) is 13.8. The van der Waals surface area contributed by atoms with Gasteiger partial charge < -0.3 is 15.4 Å². The van der Waals surface area contributed by atoms with E-state index in [-0.39, 0.29) is 10.6 Å². The molecule has 114 valence electrons. The number of amides is 1. The summed E-state index contributed by atoms with van der Waals surface area (Å²) in [5, 5.41) is 8.17. The molecular weight excluding hydrogens is 292 g/mol. The van der Waals surface area contributed by atoms with Crippen molar-refractivity contribution in [3.05, 3.63) is 16.8 Å². The molecule has 0 saturated carbocycles. The van der Waals surface area contributed by atoms with Gasteiger partial charge in [-0.3, -0.25) is 4.79 Å². The predicted octanol–water partition coefficient (Wildman–Crippen LogP) is 1.63. The van der Waals surface area contributed by atoms with E-state index in [0.717, 1.165) is 45.6 Å². The van der Waals surface area contributed by atoms with Crippen molar-refractivity contribution < 1.29 is 9.53 Å². The molecule has 6 nitrogen and oxygen atoms in total. The molecule has 0 aromatic carbocycles. The minimum atomic E-state index is -0.520. The molecule has 2 aliphatic rings. The van der Waals surface area contributed by atoms with Crippen molar-refractivity contribution in [3.63, 3.8) is 0 Å². The summed E-state index contributed by atoms with van der Waals surface area (Å²) >= 11 is 5.83. The highest BCUT2D eigenvalue weighted by Gasteiger charge is 2.38. The number of piperidine rings is 1. The van der Waals surface area contributed by atoms with E-state index in [0.29, 0.717) is 11.4 Å². The molecule has 1 spiro atoms. The molecule has 3 heterocycles. The summed E-state index contributed by atoms with van der Waals surface area (Å²) in [6.45, 7) is 3.35. The van der Waals surface area contributed by atoms with Crippen LogP contribution >= 0.6 is 11.6 Å². The van der Waals surface area contributed by atoms with Gasteiger partial charge in [0.15, 0.2) is 11.0 Å². The molecule has 2 fully saturated rings. The molecule has 2 N–H and O–H groups in total. The first kappa shape index (κ1) is 14.5. The first-order valence-corrected chi connectivity index (χ1v) is 7.63. The zero-order valence-electron chi connectivity index (χ0n) is 11.8. The monoisotopic (exact) mass is 310 g/mol. The quantitative estimate of drug-likeness (QED) is 0.898. The molecule has 0 bridgehead atoms. The van der Waals surface area contributed by atoms with Gasteiger partial charge in [0.1, 0.15) is 0 Å². The van der Waals surface area contributed by atoms with E-state index in [1.54, 1.807) is 0 Å². The van der Waals surface area contributed by atoms with Gasteiger partial charge >= 0.3 is 0 Å². The van der Waals surface area contributed by atoms with E-state index in [1.807, 2.05) is 0 Å². The number of aromatic nitrogens is 2. The maximum atomic E-state index is 11.6. The third-order valence-corrected chi connectivity index (χ3v) is 4.71. The van der Waals surface area contributed by atoms with Gasteiger partial charge in [0, 0.05) is 26.3 Å². The highest BCUT2D eigenvalue weighted by Crippen LogP contribution is 2.40. The topological polar surface area (TPSA) is 81.3 Å². The second-order valence-corrected chi connectivity index (χ2v) is 6.29. The normalized spacial score (nSPS) is 21.5. The third kappa shape index (κ3) is 2.96.